The largest absolute Gasteiger partial charge is 0.396 e. The van der Waals surface area contributed by atoms with Gasteiger partial charge in [0.05, 0.1) is 12.2 Å². The molecule has 2 N–H and O–H groups in total. The predicted molar refractivity (Wildman–Crippen MR) is 91.1 cm³/mol. The molecule has 0 unspecified atom stereocenters. The van der Waals surface area contributed by atoms with Gasteiger partial charge < -0.3 is 15.3 Å². The van der Waals surface area contributed by atoms with Crippen LogP contribution in [0.5, 0.6) is 0 Å². The number of likely N-dealkylation sites (tertiary alicyclic amines) is 1. The molecule has 2 aromatic rings. The molecule has 5 nitrogen and oxygen atoms in total. The van der Waals surface area contributed by atoms with Crippen molar-refractivity contribution in [2.24, 2.45) is 11.8 Å². The summed E-state index contributed by atoms with van der Waals surface area (Å²) in [4.78, 5) is 18.3. The highest BCUT2D eigenvalue weighted by Gasteiger charge is 2.31. The average molecular weight is 349 g/mol. The van der Waals surface area contributed by atoms with Gasteiger partial charge >= 0.3 is 6.03 Å². The van der Waals surface area contributed by atoms with Crippen molar-refractivity contribution in [3.8, 4) is 11.3 Å². The molecular weight excluding hydrogens is 329 g/mol. The number of aliphatic hydroxyl groups excluding tert-OH is 1. The summed E-state index contributed by atoms with van der Waals surface area (Å²) in [5, 5.41) is 14.6. The first kappa shape index (κ1) is 16.9. The predicted octanol–water partition coefficient (Wildman–Crippen LogP) is 2.72. The molecular formula is C17H20FN3O2S. The molecule has 1 saturated heterocycles. The summed E-state index contributed by atoms with van der Waals surface area (Å²) in [6.07, 6.45) is 0. The Morgan fingerprint density at radius 3 is 2.96 bits per heavy atom. The second kappa shape index (κ2) is 7.27. The SMILES string of the molecule is C[C@@H]1CN(C(=O)NCc2nc(-c3ccccc3F)cs2)C[C@H]1CO. The zero-order valence-electron chi connectivity index (χ0n) is 13.4. The highest BCUT2D eigenvalue weighted by molar-refractivity contribution is 7.09. The van der Waals surface area contributed by atoms with E-state index in [1.165, 1.54) is 17.4 Å². The summed E-state index contributed by atoms with van der Waals surface area (Å²) >= 11 is 1.39. The summed E-state index contributed by atoms with van der Waals surface area (Å²) in [6.45, 7) is 3.67. The van der Waals surface area contributed by atoms with E-state index in [9.17, 15) is 14.3 Å². The lowest BCUT2D eigenvalue weighted by Crippen LogP contribution is -2.38. The Labute approximate surface area is 144 Å². The number of carbonyl (C=O) groups is 1. The van der Waals surface area contributed by atoms with Crippen LogP contribution in [-0.2, 0) is 6.54 Å². The van der Waals surface area contributed by atoms with Gasteiger partial charge in [-0.1, -0.05) is 19.1 Å². The number of hydrogen-bond donors (Lipinski definition) is 2. The zero-order chi connectivity index (χ0) is 17.1. The Bertz CT molecular complexity index is 721. The highest BCUT2D eigenvalue weighted by atomic mass is 32.1. The van der Waals surface area contributed by atoms with Crippen molar-refractivity contribution in [3.05, 3.63) is 40.5 Å². The molecule has 2 atom stereocenters. The van der Waals surface area contributed by atoms with E-state index in [0.29, 0.717) is 36.8 Å². The van der Waals surface area contributed by atoms with E-state index in [0.717, 1.165) is 5.01 Å². The topological polar surface area (TPSA) is 65.5 Å². The number of benzene rings is 1. The summed E-state index contributed by atoms with van der Waals surface area (Å²) in [5.41, 5.74) is 1.04. The number of aliphatic hydroxyl groups is 1. The van der Waals surface area contributed by atoms with Gasteiger partial charge in [-0.3, -0.25) is 0 Å². The maximum absolute atomic E-state index is 13.8. The maximum Gasteiger partial charge on any atom is 0.317 e. The lowest BCUT2D eigenvalue weighted by Gasteiger charge is -2.16. The van der Waals surface area contributed by atoms with Crippen LogP contribution in [0.15, 0.2) is 29.6 Å². The molecule has 0 spiro atoms. The fourth-order valence-electron chi connectivity index (χ4n) is 2.89. The van der Waals surface area contributed by atoms with E-state index < -0.39 is 0 Å². The molecule has 0 saturated carbocycles. The van der Waals surface area contributed by atoms with E-state index in [1.54, 1.807) is 28.5 Å². The number of nitrogens with zero attached hydrogens (tertiary/aromatic N) is 2. The van der Waals surface area contributed by atoms with Crippen LogP contribution in [0.3, 0.4) is 0 Å². The number of rotatable bonds is 4. The lowest BCUT2D eigenvalue weighted by molar-refractivity contribution is 0.195. The highest BCUT2D eigenvalue weighted by Crippen LogP contribution is 2.25. The summed E-state index contributed by atoms with van der Waals surface area (Å²) in [7, 11) is 0. The van der Waals surface area contributed by atoms with Crippen LogP contribution in [-0.4, -0.2) is 40.7 Å². The van der Waals surface area contributed by atoms with Gasteiger partial charge in [-0.05, 0) is 18.1 Å². The molecule has 0 radical (unpaired) electrons. The van der Waals surface area contributed by atoms with Crippen molar-refractivity contribution in [3.63, 3.8) is 0 Å². The van der Waals surface area contributed by atoms with E-state index in [2.05, 4.69) is 10.3 Å². The Kier molecular flexibility index (Phi) is 5.11. The minimum Gasteiger partial charge on any atom is -0.396 e. The Morgan fingerprint density at radius 1 is 1.46 bits per heavy atom. The third kappa shape index (κ3) is 3.57. The average Bonchev–Trinajstić information content (AvgIpc) is 3.19. The van der Waals surface area contributed by atoms with Crippen LogP contribution in [0.4, 0.5) is 9.18 Å². The van der Waals surface area contributed by atoms with Crippen LogP contribution in [0.25, 0.3) is 11.3 Å². The second-order valence-electron chi connectivity index (χ2n) is 6.09. The molecule has 1 aromatic carbocycles. The van der Waals surface area contributed by atoms with E-state index in [-0.39, 0.29) is 24.4 Å². The molecule has 0 bridgehead atoms. The van der Waals surface area contributed by atoms with Crippen molar-refractivity contribution < 1.29 is 14.3 Å². The first-order chi connectivity index (χ1) is 11.6. The third-order valence-electron chi connectivity index (χ3n) is 4.38. The minimum atomic E-state index is -0.306. The number of hydrogen-bond acceptors (Lipinski definition) is 4. The molecule has 1 aromatic heterocycles. The summed E-state index contributed by atoms with van der Waals surface area (Å²) in [5.74, 6) is 0.135. The van der Waals surface area contributed by atoms with Gasteiger partial charge in [0.15, 0.2) is 0 Å². The summed E-state index contributed by atoms with van der Waals surface area (Å²) in [6, 6.07) is 6.35. The summed E-state index contributed by atoms with van der Waals surface area (Å²) < 4.78 is 13.8. The molecule has 1 aliphatic rings. The number of urea groups is 1. The number of carbonyl (C=O) groups excluding carboxylic acids is 1. The van der Waals surface area contributed by atoms with Crippen molar-refractivity contribution in [2.75, 3.05) is 19.7 Å². The Hall–Kier alpha value is -1.99. The van der Waals surface area contributed by atoms with Crippen molar-refractivity contribution >= 4 is 17.4 Å². The molecule has 0 aliphatic carbocycles. The molecule has 1 fully saturated rings. The van der Waals surface area contributed by atoms with Gasteiger partial charge in [-0.25, -0.2) is 14.2 Å². The number of aromatic nitrogens is 1. The quantitative estimate of drug-likeness (QED) is 0.892. The van der Waals surface area contributed by atoms with Gasteiger partial charge in [0, 0.05) is 36.6 Å². The lowest BCUT2D eigenvalue weighted by atomic mass is 10.00. The smallest absolute Gasteiger partial charge is 0.317 e. The van der Waals surface area contributed by atoms with Gasteiger partial charge in [0.2, 0.25) is 0 Å². The van der Waals surface area contributed by atoms with Crippen LogP contribution < -0.4 is 5.32 Å². The minimum absolute atomic E-state index is 0.101. The second-order valence-corrected chi connectivity index (χ2v) is 7.03. The number of thiazole rings is 1. The fraction of sp³-hybridized carbons (Fsp3) is 0.412. The van der Waals surface area contributed by atoms with Crippen molar-refractivity contribution in [1.82, 2.24) is 15.2 Å². The van der Waals surface area contributed by atoms with E-state index >= 15 is 0 Å². The Morgan fingerprint density at radius 2 is 2.25 bits per heavy atom. The van der Waals surface area contributed by atoms with E-state index in [4.69, 9.17) is 0 Å². The number of halogens is 1. The fourth-order valence-corrected chi connectivity index (χ4v) is 3.62. The van der Waals surface area contributed by atoms with Gasteiger partial charge in [0.25, 0.3) is 0 Å². The van der Waals surface area contributed by atoms with Gasteiger partial charge in [0.1, 0.15) is 10.8 Å². The first-order valence-corrected chi connectivity index (χ1v) is 8.79. The van der Waals surface area contributed by atoms with Gasteiger partial charge in [-0.15, -0.1) is 11.3 Å². The molecule has 2 amide bonds. The van der Waals surface area contributed by atoms with Crippen molar-refractivity contribution in [2.45, 2.75) is 13.5 Å². The molecule has 24 heavy (non-hydrogen) atoms. The maximum atomic E-state index is 13.8. The first-order valence-electron chi connectivity index (χ1n) is 7.91. The molecule has 128 valence electrons. The monoisotopic (exact) mass is 349 g/mol. The molecule has 3 rings (SSSR count). The van der Waals surface area contributed by atoms with Crippen LogP contribution >= 0.6 is 11.3 Å². The third-order valence-corrected chi connectivity index (χ3v) is 5.23. The van der Waals surface area contributed by atoms with Crippen LogP contribution in [0, 0.1) is 17.7 Å². The Balaban J connectivity index is 1.58. The normalized spacial score (nSPS) is 20.4. The van der Waals surface area contributed by atoms with E-state index in [1.807, 2.05) is 6.92 Å². The number of amides is 2. The molecule has 1 aliphatic heterocycles. The molecule has 7 heteroatoms. The van der Waals surface area contributed by atoms with Crippen LogP contribution in [0.2, 0.25) is 0 Å². The zero-order valence-corrected chi connectivity index (χ0v) is 14.2. The van der Waals surface area contributed by atoms with Crippen LogP contribution in [0.1, 0.15) is 11.9 Å². The number of nitrogens with one attached hydrogen (secondary N) is 1. The molecule has 2 heterocycles. The van der Waals surface area contributed by atoms with Gasteiger partial charge in [-0.2, -0.15) is 0 Å². The standard InChI is InChI=1S/C17H20FN3O2S/c1-11-7-21(8-12(11)9-22)17(23)19-6-16-20-15(10-24-16)13-4-2-3-5-14(13)18/h2-5,10-12,22H,6-9H2,1H3,(H,19,23)/t11-,12+/m1/s1. The van der Waals surface area contributed by atoms with Crippen molar-refractivity contribution in [1.29, 1.82) is 0 Å².